The Kier molecular flexibility index (Phi) is 6.21. The topological polar surface area (TPSA) is 101 Å². The van der Waals surface area contributed by atoms with E-state index in [1.807, 2.05) is 22.8 Å². The van der Waals surface area contributed by atoms with Crippen molar-refractivity contribution in [3.63, 3.8) is 0 Å². The third kappa shape index (κ3) is 4.26. The zero-order valence-electron chi connectivity index (χ0n) is 22.3. The first-order chi connectivity index (χ1) is 19.0. The van der Waals surface area contributed by atoms with Crippen LogP contribution in [0.1, 0.15) is 55.7 Å². The molecule has 206 valence electrons. The second kappa shape index (κ2) is 9.77. The Balaban J connectivity index is 1.19. The number of non-ortho nitro benzene ring substituents is 1. The van der Waals surface area contributed by atoms with E-state index in [1.165, 1.54) is 38.8 Å². The lowest BCUT2D eigenvalue weighted by Crippen LogP contribution is -2.61. The van der Waals surface area contributed by atoms with Gasteiger partial charge in [-0.05, 0) is 81.1 Å². The fraction of sp³-hybridized carbons (Fsp3) is 0.600. The van der Waals surface area contributed by atoms with Crippen LogP contribution in [0, 0.1) is 27.9 Å². The largest absolute Gasteiger partial charge is 0.366 e. The van der Waals surface area contributed by atoms with Crippen LogP contribution in [0.2, 0.25) is 0 Å². The highest BCUT2D eigenvalue weighted by Gasteiger charge is 2.49. The molecular weight excluding hydrogens is 494 g/mol. The van der Waals surface area contributed by atoms with Crippen LogP contribution >= 0.6 is 0 Å². The number of piperidine rings is 3. The number of pyridine rings is 1. The second-order valence-electron chi connectivity index (χ2n) is 12.4. The van der Waals surface area contributed by atoms with Crippen LogP contribution in [0.5, 0.6) is 0 Å². The SMILES string of the molecule is O=C(NC[C@@H]1CCCN2CCCC[C@H]12)[C@@H]1Cc2cc([N+](=O)[O-])ccc2N2C[C@H]3C[C@H](Cn4c3cccc4=O)[C@@H]12. The molecule has 0 spiro atoms. The molecule has 9 nitrogen and oxygen atoms in total. The van der Waals surface area contributed by atoms with Gasteiger partial charge in [-0.25, -0.2) is 0 Å². The van der Waals surface area contributed by atoms with Gasteiger partial charge in [0.25, 0.3) is 11.2 Å². The van der Waals surface area contributed by atoms with Crippen molar-refractivity contribution in [2.75, 3.05) is 31.1 Å². The van der Waals surface area contributed by atoms with Crippen molar-refractivity contribution >= 4 is 17.3 Å². The van der Waals surface area contributed by atoms with Gasteiger partial charge < -0.3 is 19.7 Å². The summed E-state index contributed by atoms with van der Waals surface area (Å²) in [6.45, 7) is 4.36. The van der Waals surface area contributed by atoms with E-state index in [0.717, 1.165) is 29.8 Å². The highest BCUT2D eigenvalue weighted by molar-refractivity contribution is 5.82. The molecular formula is C30H37N5O4. The fourth-order valence-electron chi connectivity index (χ4n) is 8.63. The van der Waals surface area contributed by atoms with Gasteiger partial charge >= 0.3 is 0 Å². The van der Waals surface area contributed by atoms with Gasteiger partial charge in [0.1, 0.15) is 0 Å². The average Bonchev–Trinajstić information content (AvgIpc) is 2.95. The Labute approximate surface area is 228 Å². The predicted octanol–water partition coefficient (Wildman–Crippen LogP) is 3.30. The van der Waals surface area contributed by atoms with Gasteiger partial charge in [0.2, 0.25) is 5.91 Å². The van der Waals surface area contributed by atoms with Crippen molar-refractivity contribution < 1.29 is 9.72 Å². The molecule has 7 rings (SSSR count). The molecule has 5 aliphatic rings. The normalized spacial score (nSPS) is 31.3. The minimum Gasteiger partial charge on any atom is -0.366 e. The molecule has 5 aliphatic heterocycles. The molecule has 39 heavy (non-hydrogen) atoms. The molecule has 6 heterocycles. The third-order valence-corrected chi connectivity index (χ3v) is 10.3. The van der Waals surface area contributed by atoms with Gasteiger partial charge in [-0.2, -0.15) is 0 Å². The number of amides is 1. The molecule has 2 bridgehead atoms. The quantitative estimate of drug-likeness (QED) is 0.480. The summed E-state index contributed by atoms with van der Waals surface area (Å²) in [5, 5.41) is 14.9. The lowest BCUT2D eigenvalue weighted by Gasteiger charge is -2.54. The van der Waals surface area contributed by atoms with Crippen molar-refractivity contribution in [1.82, 2.24) is 14.8 Å². The maximum absolute atomic E-state index is 14.0. The first kappa shape index (κ1) is 24.8. The molecule has 1 N–H and O–H groups in total. The number of hydrogen-bond donors (Lipinski definition) is 1. The van der Waals surface area contributed by atoms with E-state index in [9.17, 15) is 19.7 Å². The summed E-state index contributed by atoms with van der Waals surface area (Å²) in [4.78, 5) is 43.0. The summed E-state index contributed by atoms with van der Waals surface area (Å²) in [6, 6.07) is 11.2. The number of hydrogen-bond acceptors (Lipinski definition) is 6. The van der Waals surface area contributed by atoms with E-state index in [4.69, 9.17) is 0 Å². The molecule has 3 fully saturated rings. The zero-order chi connectivity index (χ0) is 26.7. The number of rotatable bonds is 4. The standard InChI is InChI=1S/C30H37N5O4/c36-28-8-3-7-26-21-13-22(18-33(26)28)29-24(15-20-14-23(35(38)39)9-10-27(20)34(29)17-21)30(37)31-16-19-5-4-12-32-11-2-1-6-25(19)32/h3,7-10,14,19,21-22,24-25,29H,1-2,4-6,11-13,15-18H2,(H,31,37)/t19-,21+,22+,24+,25+,29-/m0/s1. The van der Waals surface area contributed by atoms with Gasteiger partial charge in [0, 0.05) is 67.2 Å². The molecule has 0 radical (unpaired) electrons. The summed E-state index contributed by atoms with van der Waals surface area (Å²) < 4.78 is 1.91. The Morgan fingerprint density at radius 1 is 1.08 bits per heavy atom. The van der Waals surface area contributed by atoms with Crippen LogP contribution in [0.15, 0.2) is 41.2 Å². The van der Waals surface area contributed by atoms with E-state index in [2.05, 4.69) is 15.1 Å². The van der Waals surface area contributed by atoms with E-state index in [0.29, 0.717) is 38.0 Å². The van der Waals surface area contributed by atoms with Crippen molar-refractivity contribution in [3.05, 3.63) is 68.1 Å². The summed E-state index contributed by atoms with van der Waals surface area (Å²) in [5.74, 6) is 0.585. The maximum Gasteiger partial charge on any atom is 0.269 e. The Morgan fingerprint density at radius 3 is 2.82 bits per heavy atom. The molecule has 1 amide bonds. The van der Waals surface area contributed by atoms with Crippen LogP contribution in [-0.4, -0.2) is 58.6 Å². The molecule has 9 heteroatoms. The number of benzene rings is 1. The summed E-state index contributed by atoms with van der Waals surface area (Å²) in [5.41, 5.74) is 3.03. The Hall–Kier alpha value is -3.20. The van der Waals surface area contributed by atoms with Crippen molar-refractivity contribution in [3.8, 4) is 0 Å². The fourth-order valence-corrected chi connectivity index (χ4v) is 8.63. The van der Waals surface area contributed by atoms with Crippen LogP contribution in [-0.2, 0) is 17.8 Å². The smallest absolute Gasteiger partial charge is 0.269 e. The molecule has 2 aromatic rings. The Morgan fingerprint density at radius 2 is 1.95 bits per heavy atom. The number of nitrogens with one attached hydrogen (secondary N) is 1. The number of carbonyl (C=O) groups is 1. The van der Waals surface area contributed by atoms with Crippen LogP contribution < -0.4 is 15.8 Å². The molecule has 1 aromatic carbocycles. The molecule has 1 aromatic heterocycles. The lowest BCUT2D eigenvalue weighted by molar-refractivity contribution is -0.384. The van der Waals surface area contributed by atoms with Crippen LogP contribution in [0.3, 0.4) is 0 Å². The number of nitro benzene ring substituents is 1. The van der Waals surface area contributed by atoms with E-state index in [1.54, 1.807) is 18.2 Å². The first-order valence-electron chi connectivity index (χ1n) is 14.7. The lowest BCUT2D eigenvalue weighted by atomic mass is 9.70. The number of fused-ring (bicyclic) bond motifs is 9. The van der Waals surface area contributed by atoms with Gasteiger partial charge in [0.15, 0.2) is 0 Å². The van der Waals surface area contributed by atoms with Crippen LogP contribution in [0.25, 0.3) is 0 Å². The molecule has 0 unspecified atom stereocenters. The third-order valence-electron chi connectivity index (χ3n) is 10.3. The van der Waals surface area contributed by atoms with E-state index >= 15 is 0 Å². The van der Waals surface area contributed by atoms with E-state index in [-0.39, 0.29) is 45.9 Å². The summed E-state index contributed by atoms with van der Waals surface area (Å²) in [6.07, 6.45) is 7.54. The van der Waals surface area contributed by atoms with Gasteiger partial charge in [0.05, 0.1) is 10.8 Å². The number of anilines is 1. The van der Waals surface area contributed by atoms with Gasteiger partial charge in [-0.15, -0.1) is 0 Å². The number of nitro groups is 1. The molecule has 0 saturated carbocycles. The van der Waals surface area contributed by atoms with Crippen molar-refractivity contribution in [1.29, 1.82) is 0 Å². The number of aromatic nitrogens is 1. The van der Waals surface area contributed by atoms with E-state index < -0.39 is 0 Å². The highest BCUT2D eigenvalue weighted by Crippen LogP contribution is 2.47. The predicted molar refractivity (Wildman–Crippen MR) is 148 cm³/mol. The molecule has 0 aliphatic carbocycles. The van der Waals surface area contributed by atoms with Gasteiger partial charge in [-0.3, -0.25) is 19.7 Å². The maximum atomic E-state index is 14.0. The first-order valence-corrected chi connectivity index (χ1v) is 14.7. The average molecular weight is 532 g/mol. The monoisotopic (exact) mass is 531 g/mol. The van der Waals surface area contributed by atoms with Crippen molar-refractivity contribution in [2.45, 2.75) is 69.5 Å². The molecule has 6 atom stereocenters. The highest BCUT2D eigenvalue weighted by atomic mass is 16.6. The summed E-state index contributed by atoms with van der Waals surface area (Å²) >= 11 is 0. The Bertz CT molecular complexity index is 1360. The van der Waals surface area contributed by atoms with Crippen LogP contribution in [0.4, 0.5) is 11.4 Å². The van der Waals surface area contributed by atoms with Gasteiger partial charge in [-0.1, -0.05) is 12.5 Å². The number of nitrogens with zero attached hydrogens (tertiary/aromatic N) is 4. The second-order valence-corrected chi connectivity index (χ2v) is 12.4. The summed E-state index contributed by atoms with van der Waals surface area (Å²) in [7, 11) is 0. The zero-order valence-corrected chi connectivity index (χ0v) is 22.3. The van der Waals surface area contributed by atoms with Crippen molar-refractivity contribution in [2.24, 2.45) is 17.8 Å². The minimum absolute atomic E-state index is 0.0258. The molecule has 3 saturated heterocycles. The minimum atomic E-state index is -0.353. The number of carbonyl (C=O) groups excluding carboxylic acids is 1.